The van der Waals surface area contributed by atoms with Crippen molar-refractivity contribution in [1.29, 1.82) is 0 Å². The Morgan fingerprint density at radius 3 is 2.48 bits per heavy atom. The lowest BCUT2D eigenvalue weighted by atomic mass is 10.2. The second-order valence-electron chi connectivity index (χ2n) is 3.84. The number of hydrogen-bond acceptors (Lipinski definition) is 3. The number of benzene rings is 1. The molecule has 0 fully saturated rings. The molecule has 1 heterocycles. The van der Waals surface area contributed by atoms with Crippen molar-refractivity contribution in [3.63, 3.8) is 0 Å². The summed E-state index contributed by atoms with van der Waals surface area (Å²) in [5.41, 5.74) is -0.470. The molecular weight excluding hydrogens is 292 g/mol. The van der Waals surface area contributed by atoms with Crippen LogP contribution in [0.5, 0.6) is 5.75 Å². The number of nitrogens with one attached hydrogen (secondary N) is 1. The molecule has 1 N–H and O–H groups in total. The van der Waals surface area contributed by atoms with Gasteiger partial charge >= 0.3 is 6.36 Å². The number of carbonyl (C=O) groups excluding carboxylic acids is 1. The summed E-state index contributed by atoms with van der Waals surface area (Å²) in [5.74, 6) is -2.30. The molecule has 1 amide bonds. The van der Waals surface area contributed by atoms with E-state index in [1.165, 1.54) is 30.3 Å². The molecule has 1 aromatic heterocycles. The van der Waals surface area contributed by atoms with Crippen molar-refractivity contribution in [3.8, 4) is 5.75 Å². The maximum absolute atomic E-state index is 12.9. The maximum Gasteiger partial charge on any atom is 0.573 e. The summed E-state index contributed by atoms with van der Waals surface area (Å²) in [4.78, 5) is 15.1. The first kappa shape index (κ1) is 14.8. The summed E-state index contributed by atoms with van der Waals surface area (Å²) >= 11 is 0. The molecule has 110 valence electrons. The topological polar surface area (TPSA) is 51.2 Å². The predicted octanol–water partition coefficient (Wildman–Crippen LogP) is 3.37. The number of anilines is 1. The first-order valence-electron chi connectivity index (χ1n) is 5.64. The van der Waals surface area contributed by atoms with Crippen molar-refractivity contribution in [1.82, 2.24) is 4.98 Å². The summed E-state index contributed by atoms with van der Waals surface area (Å²) in [5, 5.41) is 2.18. The fourth-order valence-corrected chi connectivity index (χ4v) is 1.50. The summed E-state index contributed by atoms with van der Waals surface area (Å²) in [6.45, 7) is 0. The Hall–Kier alpha value is -2.64. The number of carbonyl (C=O) groups is 1. The van der Waals surface area contributed by atoms with E-state index >= 15 is 0 Å². The van der Waals surface area contributed by atoms with Crippen LogP contribution in [0.25, 0.3) is 0 Å². The molecule has 2 rings (SSSR count). The number of amides is 1. The number of pyridine rings is 1. The number of para-hydroxylation sites is 2. The van der Waals surface area contributed by atoms with Crippen molar-refractivity contribution < 1.29 is 27.1 Å². The van der Waals surface area contributed by atoms with Crippen molar-refractivity contribution in [2.45, 2.75) is 6.36 Å². The molecule has 8 heteroatoms. The van der Waals surface area contributed by atoms with E-state index in [9.17, 15) is 22.4 Å². The standard InChI is InChI=1S/C13H8F4N2O2/c14-11-7-3-5-9(18-11)12(20)19-8-4-1-2-6-10(8)21-13(15,16)17/h1-7H,(H,19,20). The number of alkyl halides is 3. The Bertz CT molecular complexity index is 659. The van der Waals surface area contributed by atoms with Gasteiger partial charge in [0.05, 0.1) is 5.69 Å². The number of aromatic nitrogens is 1. The summed E-state index contributed by atoms with van der Waals surface area (Å²) < 4.78 is 53.4. The largest absolute Gasteiger partial charge is 0.573 e. The molecule has 0 spiro atoms. The molecule has 0 saturated carbocycles. The molecule has 4 nitrogen and oxygen atoms in total. The highest BCUT2D eigenvalue weighted by atomic mass is 19.4. The van der Waals surface area contributed by atoms with Gasteiger partial charge in [-0.15, -0.1) is 13.2 Å². The lowest BCUT2D eigenvalue weighted by Crippen LogP contribution is -2.20. The first-order chi connectivity index (χ1) is 9.85. The zero-order valence-corrected chi connectivity index (χ0v) is 10.3. The van der Waals surface area contributed by atoms with Crippen LogP contribution in [0.3, 0.4) is 0 Å². The van der Waals surface area contributed by atoms with E-state index in [4.69, 9.17) is 0 Å². The Kier molecular flexibility index (Phi) is 4.06. The van der Waals surface area contributed by atoms with Gasteiger partial charge in [0.25, 0.3) is 5.91 Å². The van der Waals surface area contributed by atoms with Crippen molar-refractivity contribution in [2.24, 2.45) is 0 Å². The van der Waals surface area contributed by atoms with Gasteiger partial charge in [-0.1, -0.05) is 18.2 Å². The maximum atomic E-state index is 12.9. The highest BCUT2D eigenvalue weighted by Gasteiger charge is 2.32. The zero-order valence-electron chi connectivity index (χ0n) is 10.3. The molecule has 2 aromatic rings. The quantitative estimate of drug-likeness (QED) is 0.698. The number of ether oxygens (including phenoxy) is 1. The molecule has 0 aliphatic carbocycles. The highest BCUT2D eigenvalue weighted by molar-refractivity contribution is 6.03. The molecule has 0 radical (unpaired) electrons. The normalized spacial score (nSPS) is 11.0. The van der Waals surface area contributed by atoms with Crippen LogP contribution in [0.4, 0.5) is 23.2 Å². The second-order valence-corrected chi connectivity index (χ2v) is 3.84. The van der Waals surface area contributed by atoms with Gasteiger partial charge in [-0.25, -0.2) is 4.98 Å². The molecule has 0 aliphatic heterocycles. The van der Waals surface area contributed by atoms with E-state index < -0.39 is 24.0 Å². The molecular formula is C13H8F4N2O2. The Balaban J connectivity index is 2.22. The van der Waals surface area contributed by atoms with Crippen LogP contribution in [0.1, 0.15) is 10.5 Å². The van der Waals surface area contributed by atoms with Gasteiger partial charge in [0.1, 0.15) is 5.69 Å². The van der Waals surface area contributed by atoms with E-state index in [0.717, 1.165) is 12.1 Å². The number of halogens is 4. The van der Waals surface area contributed by atoms with Gasteiger partial charge in [-0.2, -0.15) is 4.39 Å². The fourth-order valence-electron chi connectivity index (χ4n) is 1.50. The predicted molar refractivity (Wildman–Crippen MR) is 65.3 cm³/mol. The smallest absolute Gasteiger partial charge is 0.404 e. The SMILES string of the molecule is O=C(Nc1ccccc1OC(F)(F)F)c1cccc(F)n1. The number of rotatable bonds is 3. The van der Waals surface area contributed by atoms with Gasteiger partial charge < -0.3 is 10.1 Å². The second kappa shape index (κ2) is 5.78. The van der Waals surface area contributed by atoms with Crippen LogP contribution in [0.15, 0.2) is 42.5 Å². The third kappa shape index (κ3) is 4.16. The van der Waals surface area contributed by atoms with Gasteiger partial charge in [0.15, 0.2) is 5.75 Å². The fraction of sp³-hybridized carbons (Fsp3) is 0.0769. The third-order valence-electron chi connectivity index (χ3n) is 2.31. The van der Waals surface area contributed by atoms with Crippen LogP contribution in [0, 0.1) is 5.95 Å². The monoisotopic (exact) mass is 300 g/mol. The molecule has 21 heavy (non-hydrogen) atoms. The van der Waals surface area contributed by atoms with Crippen LogP contribution in [0.2, 0.25) is 0 Å². The average molecular weight is 300 g/mol. The van der Waals surface area contributed by atoms with E-state index in [-0.39, 0.29) is 11.4 Å². The Morgan fingerprint density at radius 1 is 1.10 bits per heavy atom. The van der Waals surface area contributed by atoms with E-state index in [2.05, 4.69) is 15.0 Å². The third-order valence-corrected chi connectivity index (χ3v) is 2.31. The van der Waals surface area contributed by atoms with Gasteiger partial charge in [0.2, 0.25) is 5.95 Å². The zero-order chi connectivity index (χ0) is 15.5. The van der Waals surface area contributed by atoms with E-state index in [1.807, 2.05) is 0 Å². The molecule has 0 atom stereocenters. The summed E-state index contributed by atoms with van der Waals surface area (Å²) in [6.07, 6.45) is -4.89. The number of hydrogen-bond donors (Lipinski definition) is 1. The Morgan fingerprint density at radius 2 is 1.81 bits per heavy atom. The summed E-state index contributed by atoms with van der Waals surface area (Å²) in [6, 6.07) is 8.52. The lowest BCUT2D eigenvalue weighted by Gasteiger charge is -2.13. The van der Waals surface area contributed by atoms with Crippen LogP contribution < -0.4 is 10.1 Å². The van der Waals surface area contributed by atoms with Crippen LogP contribution in [-0.4, -0.2) is 17.3 Å². The molecule has 0 aliphatic rings. The van der Waals surface area contributed by atoms with Crippen molar-refractivity contribution >= 4 is 11.6 Å². The first-order valence-corrected chi connectivity index (χ1v) is 5.64. The van der Waals surface area contributed by atoms with Crippen molar-refractivity contribution in [3.05, 3.63) is 54.1 Å². The van der Waals surface area contributed by atoms with Crippen molar-refractivity contribution in [2.75, 3.05) is 5.32 Å². The minimum atomic E-state index is -4.89. The van der Waals surface area contributed by atoms with Gasteiger partial charge in [-0.05, 0) is 24.3 Å². The molecule has 0 saturated heterocycles. The average Bonchev–Trinajstić information content (AvgIpc) is 2.39. The Labute approximate surface area is 116 Å². The molecule has 0 bridgehead atoms. The minimum Gasteiger partial charge on any atom is -0.404 e. The summed E-state index contributed by atoms with van der Waals surface area (Å²) in [7, 11) is 0. The molecule has 1 aromatic carbocycles. The van der Waals surface area contributed by atoms with Gasteiger partial charge in [0, 0.05) is 0 Å². The van der Waals surface area contributed by atoms with E-state index in [0.29, 0.717) is 0 Å². The van der Waals surface area contributed by atoms with Crippen LogP contribution >= 0.6 is 0 Å². The van der Waals surface area contributed by atoms with E-state index in [1.54, 1.807) is 0 Å². The minimum absolute atomic E-state index is 0.203. The number of nitrogens with zero attached hydrogens (tertiary/aromatic N) is 1. The van der Waals surface area contributed by atoms with Crippen LogP contribution in [-0.2, 0) is 0 Å². The highest BCUT2D eigenvalue weighted by Crippen LogP contribution is 2.30. The molecule has 0 unspecified atom stereocenters. The van der Waals surface area contributed by atoms with Gasteiger partial charge in [-0.3, -0.25) is 4.79 Å². The lowest BCUT2D eigenvalue weighted by molar-refractivity contribution is -0.274.